The highest BCUT2D eigenvalue weighted by Gasteiger charge is 2.13. The molecule has 6 nitrogen and oxygen atoms in total. The van der Waals surface area contributed by atoms with Crippen LogP contribution in [0.2, 0.25) is 0 Å². The van der Waals surface area contributed by atoms with Gasteiger partial charge in [-0.2, -0.15) is 10.2 Å². The van der Waals surface area contributed by atoms with Crippen LogP contribution >= 0.6 is 0 Å². The standard InChI is InChI=1S/C17H21N5O/c1-13-16(17(23-3)21(2)20-13)11-18-9-14-10-19-22(12-14)15-7-5-4-6-8-15/h4-8,10,12,18H,9,11H2,1-3H3. The summed E-state index contributed by atoms with van der Waals surface area (Å²) in [5.41, 5.74) is 4.26. The Morgan fingerprint density at radius 2 is 1.96 bits per heavy atom. The fourth-order valence-electron chi connectivity index (χ4n) is 2.64. The third-order valence-electron chi connectivity index (χ3n) is 3.77. The van der Waals surface area contributed by atoms with Crippen LogP contribution in [0.4, 0.5) is 0 Å². The van der Waals surface area contributed by atoms with Crippen molar-refractivity contribution in [1.29, 1.82) is 0 Å². The zero-order chi connectivity index (χ0) is 16.2. The Labute approximate surface area is 135 Å². The molecule has 0 aliphatic heterocycles. The number of hydrogen-bond donors (Lipinski definition) is 1. The number of nitrogens with one attached hydrogen (secondary N) is 1. The van der Waals surface area contributed by atoms with Gasteiger partial charge in [-0.15, -0.1) is 0 Å². The molecule has 0 spiro atoms. The maximum atomic E-state index is 5.41. The number of aromatic nitrogens is 4. The second-order valence-electron chi connectivity index (χ2n) is 5.43. The van der Waals surface area contributed by atoms with Crippen molar-refractivity contribution in [3.8, 4) is 11.6 Å². The molecule has 0 aliphatic carbocycles. The van der Waals surface area contributed by atoms with Crippen LogP contribution in [-0.4, -0.2) is 26.7 Å². The van der Waals surface area contributed by atoms with Crippen LogP contribution < -0.4 is 10.1 Å². The molecule has 0 amide bonds. The fourth-order valence-corrected chi connectivity index (χ4v) is 2.64. The van der Waals surface area contributed by atoms with E-state index in [-0.39, 0.29) is 0 Å². The van der Waals surface area contributed by atoms with Crippen LogP contribution in [0.15, 0.2) is 42.7 Å². The quantitative estimate of drug-likeness (QED) is 0.758. The Kier molecular flexibility index (Phi) is 4.43. The topological polar surface area (TPSA) is 56.9 Å². The summed E-state index contributed by atoms with van der Waals surface area (Å²) in [7, 11) is 3.56. The Morgan fingerprint density at radius 3 is 2.70 bits per heavy atom. The lowest BCUT2D eigenvalue weighted by molar-refractivity contribution is 0.368. The van der Waals surface area contributed by atoms with Crippen LogP contribution in [0.1, 0.15) is 16.8 Å². The number of aryl methyl sites for hydroxylation is 2. The highest BCUT2D eigenvalue weighted by molar-refractivity contribution is 5.32. The van der Waals surface area contributed by atoms with Crippen LogP contribution in [-0.2, 0) is 20.1 Å². The molecule has 3 rings (SSSR count). The van der Waals surface area contributed by atoms with Gasteiger partial charge in [-0.25, -0.2) is 9.36 Å². The smallest absolute Gasteiger partial charge is 0.216 e. The number of rotatable bonds is 6. The number of hydrogen-bond acceptors (Lipinski definition) is 4. The van der Waals surface area contributed by atoms with Crippen LogP contribution in [0.3, 0.4) is 0 Å². The molecule has 3 aromatic rings. The molecule has 2 heterocycles. The summed E-state index contributed by atoms with van der Waals surface area (Å²) in [6.07, 6.45) is 3.92. The van der Waals surface area contributed by atoms with Crippen molar-refractivity contribution >= 4 is 0 Å². The zero-order valence-electron chi connectivity index (χ0n) is 13.7. The molecular formula is C17H21N5O. The van der Waals surface area contributed by atoms with Gasteiger partial charge in [-0.1, -0.05) is 18.2 Å². The van der Waals surface area contributed by atoms with Crippen molar-refractivity contribution in [2.75, 3.05) is 7.11 Å². The van der Waals surface area contributed by atoms with Gasteiger partial charge in [-0.3, -0.25) is 0 Å². The minimum atomic E-state index is 0.708. The van der Waals surface area contributed by atoms with Crippen molar-refractivity contribution in [2.45, 2.75) is 20.0 Å². The first-order chi connectivity index (χ1) is 11.2. The molecule has 0 saturated carbocycles. The molecule has 1 aromatic carbocycles. The Balaban J connectivity index is 1.63. The third-order valence-corrected chi connectivity index (χ3v) is 3.77. The molecule has 0 fully saturated rings. The lowest BCUT2D eigenvalue weighted by Gasteiger charge is -2.06. The molecule has 1 N–H and O–H groups in total. The van der Waals surface area contributed by atoms with Crippen molar-refractivity contribution < 1.29 is 4.74 Å². The second kappa shape index (κ2) is 6.66. The van der Waals surface area contributed by atoms with Crippen molar-refractivity contribution in [2.24, 2.45) is 7.05 Å². The maximum Gasteiger partial charge on any atom is 0.216 e. The van der Waals surface area contributed by atoms with Gasteiger partial charge in [0, 0.05) is 31.9 Å². The summed E-state index contributed by atoms with van der Waals surface area (Å²) in [4.78, 5) is 0. The monoisotopic (exact) mass is 311 g/mol. The molecule has 2 aromatic heterocycles. The van der Waals surface area contributed by atoms with Crippen molar-refractivity contribution in [3.63, 3.8) is 0 Å². The molecule has 6 heteroatoms. The highest BCUT2D eigenvalue weighted by atomic mass is 16.5. The maximum absolute atomic E-state index is 5.41. The van der Waals surface area contributed by atoms with Gasteiger partial charge in [0.2, 0.25) is 5.88 Å². The van der Waals surface area contributed by atoms with E-state index in [1.807, 2.05) is 61.4 Å². The summed E-state index contributed by atoms with van der Waals surface area (Å²) >= 11 is 0. The molecule has 0 aliphatic rings. The van der Waals surface area contributed by atoms with E-state index in [0.717, 1.165) is 34.9 Å². The molecule has 0 radical (unpaired) electrons. The first-order valence-corrected chi connectivity index (χ1v) is 7.55. The van der Waals surface area contributed by atoms with Gasteiger partial charge in [0.15, 0.2) is 0 Å². The zero-order valence-corrected chi connectivity index (χ0v) is 13.7. The summed E-state index contributed by atoms with van der Waals surface area (Å²) < 4.78 is 9.05. The Bertz CT molecular complexity index is 776. The van der Waals surface area contributed by atoms with E-state index in [1.54, 1.807) is 11.8 Å². The largest absolute Gasteiger partial charge is 0.481 e. The van der Waals surface area contributed by atoms with E-state index in [0.29, 0.717) is 6.54 Å². The lowest BCUT2D eigenvalue weighted by Crippen LogP contribution is -2.13. The number of ether oxygens (including phenoxy) is 1. The fraction of sp³-hybridized carbons (Fsp3) is 0.294. The average Bonchev–Trinajstić information content (AvgIpc) is 3.13. The molecule has 0 atom stereocenters. The molecule has 0 bridgehead atoms. The van der Waals surface area contributed by atoms with E-state index < -0.39 is 0 Å². The molecule has 120 valence electrons. The first kappa shape index (κ1) is 15.3. The molecular weight excluding hydrogens is 290 g/mol. The van der Waals surface area contributed by atoms with Gasteiger partial charge < -0.3 is 10.1 Å². The van der Waals surface area contributed by atoms with Gasteiger partial charge >= 0.3 is 0 Å². The van der Waals surface area contributed by atoms with Gasteiger partial charge in [0.25, 0.3) is 0 Å². The van der Waals surface area contributed by atoms with Crippen LogP contribution in [0, 0.1) is 6.92 Å². The summed E-state index contributed by atoms with van der Waals surface area (Å²) in [6, 6.07) is 10.1. The SMILES string of the molecule is COc1c(CNCc2cnn(-c3ccccc3)c2)c(C)nn1C. The summed E-state index contributed by atoms with van der Waals surface area (Å²) in [5.74, 6) is 0.801. The summed E-state index contributed by atoms with van der Waals surface area (Å²) in [5, 5.41) is 12.2. The number of methoxy groups -OCH3 is 1. The first-order valence-electron chi connectivity index (χ1n) is 7.55. The van der Waals surface area contributed by atoms with Gasteiger partial charge in [0.1, 0.15) is 0 Å². The van der Waals surface area contributed by atoms with E-state index in [9.17, 15) is 0 Å². The van der Waals surface area contributed by atoms with E-state index >= 15 is 0 Å². The number of benzene rings is 1. The molecule has 0 unspecified atom stereocenters. The van der Waals surface area contributed by atoms with E-state index in [2.05, 4.69) is 15.5 Å². The van der Waals surface area contributed by atoms with Crippen molar-refractivity contribution in [1.82, 2.24) is 24.9 Å². The Hall–Kier alpha value is -2.60. The average molecular weight is 311 g/mol. The van der Waals surface area contributed by atoms with Gasteiger partial charge in [-0.05, 0) is 19.1 Å². The van der Waals surface area contributed by atoms with E-state index in [1.165, 1.54) is 0 Å². The van der Waals surface area contributed by atoms with Crippen molar-refractivity contribution in [3.05, 3.63) is 59.5 Å². The van der Waals surface area contributed by atoms with E-state index in [4.69, 9.17) is 4.74 Å². The minimum absolute atomic E-state index is 0.708. The normalized spacial score (nSPS) is 10.9. The molecule has 0 saturated heterocycles. The highest BCUT2D eigenvalue weighted by Crippen LogP contribution is 2.20. The number of para-hydroxylation sites is 1. The Morgan fingerprint density at radius 1 is 1.17 bits per heavy atom. The molecule has 23 heavy (non-hydrogen) atoms. The lowest BCUT2D eigenvalue weighted by atomic mass is 10.2. The van der Waals surface area contributed by atoms with Gasteiger partial charge in [0.05, 0.1) is 30.3 Å². The third kappa shape index (κ3) is 3.27. The predicted molar refractivity (Wildman–Crippen MR) is 88.6 cm³/mol. The summed E-state index contributed by atoms with van der Waals surface area (Å²) in [6.45, 7) is 3.44. The second-order valence-corrected chi connectivity index (χ2v) is 5.43. The minimum Gasteiger partial charge on any atom is -0.481 e. The predicted octanol–water partition coefficient (Wildman–Crippen LogP) is 2.21. The van der Waals surface area contributed by atoms with Crippen LogP contribution in [0.5, 0.6) is 5.88 Å². The number of nitrogens with zero attached hydrogens (tertiary/aromatic N) is 4. The van der Waals surface area contributed by atoms with Crippen LogP contribution in [0.25, 0.3) is 5.69 Å².